The molecule has 0 radical (unpaired) electrons. The van der Waals surface area contributed by atoms with Gasteiger partial charge in [0.05, 0.1) is 4.90 Å². The van der Waals surface area contributed by atoms with E-state index in [-0.39, 0.29) is 10.7 Å². The molecule has 0 fully saturated rings. The quantitative estimate of drug-likeness (QED) is 0.831. The maximum absolute atomic E-state index is 13.7. The predicted octanol–water partition coefficient (Wildman–Crippen LogP) is 0.820. The van der Waals surface area contributed by atoms with Crippen LogP contribution in [0.15, 0.2) is 46.3 Å². The van der Waals surface area contributed by atoms with Gasteiger partial charge in [0, 0.05) is 12.5 Å². The first-order chi connectivity index (χ1) is 9.70. The molecule has 1 N–H and O–H groups in total. The predicted molar refractivity (Wildman–Crippen MR) is 72.4 cm³/mol. The van der Waals surface area contributed by atoms with Gasteiger partial charge < -0.3 is 0 Å². The molecule has 2 aromatic rings. The van der Waals surface area contributed by atoms with Gasteiger partial charge in [0.1, 0.15) is 10.7 Å². The van der Waals surface area contributed by atoms with Crippen LogP contribution in [-0.2, 0) is 19.9 Å². The average Bonchev–Trinajstić information content (AvgIpc) is 2.38. The molecule has 0 saturated carbocycles. The first kappa shape index (κ1) is 15.3. The molecule has 0 unspecified atom stereocenters. The minimum absolute atomic E-state index is 0.110. The van der Waals surface area contributed by atoms with Crippen LogP contribution in [0.5, 0.6) is 0 Å². The third-order valence-electron chi connectivity index (χ3n) is 2.43. The topological polar surface area (TPSA) is 106 Å². The molecule has 0 aliphatic rings. The van der Waals surface area contributed by atoms with Gasteiger partial charge in [0.25, 0.3) is 10.0 Å². The van der Waals surface area contributed by atoms with Crippen molar-refractivity contribution in [3.63, 3.8) is 0 Å². The van der Waals surface area contributed by atoms with Crippen LogP contribution in [0.4, 0.5) is 10.2 Å². The minimum Gasteiger partial charge on any atom is -0.262 e. The second-order valence-electron chi connectivity index (χ2n) is 4.08. The highest BCUT2D eigenvalue weighted by molar-refractivity contribution is 7.93. The van der Waals surface area contributed by atoms with Gasteiger partial charge in [-0.1, -0.05) is 0 Å². The van der Waals surface area contributed by atoms with Gasteiger partial charge in [-0.15, -0.1) is 5.10 Å². The summed E-state index contributed by atoms with van der Waals surface area (Å²) in [5.41, 5.74) is 0. The van der Waals surface area contributed by atoms with Crippen molar-refractivity contribution in [3.8, 4) is 0 Å². The number of hydrogen-bond donors (Lipinski definition) is 1. The molecule has 10 heteroatoms. The van der Waals surface area contributed by atoms with Gasteiger partial charge in [0.15, 0.2) is 15.7 Å². The monoisotopic (exact) mass is 331 g/mol. The molecule has 0 bridgehead atoms. The van der Waals surface area contributed by atoms with Crippen LogP contribution in [0.1, 0.15) is 0 Å². The lowest BCUT2D eigenvalue weighted by Crippen LogP contribution is -2.16. The van der Waals surface area contributed by atoms with E-state index < -0.39 is 30.6 Å². The summed E-state index contributed by atoms with van der Waals surface area (Å²) in [6, 6.07) is 5.29. The number of benzene rings is 1. The summed E-state index contributed by atoms with van der Waals surface area (Å²) in [4.78, 5) is -1.08. The van der Waals surface area contributed by atoms with E-state index >= 15 is 0 Å². The van der Waals surface area contributed by atoms with Crippen molar-refractivity contribution in [1.82, 2.24) is 10.2 Å². The van der Waals surface area contributed by atoms with E-state index in [1.807, 2.05) is 4.72 Å². The maximum Gasteiger partial charge on any atom is 0.266 e. The lowest BCUT2D eigenvalue weighted by molar-refractivity contribution is 0.567. The number of hydrogen-bond acceptors (Lipinski definition) is 6. The van der Waals surface area contributed by atoms with Gasteiger partial charge in [-0.2, -0.15) is 5.10 Å². The molecule has 0 atom stereocenters. The molecule has 1 heterocycles. The van der Waals surface area contributed by atoms with Crippen molar-refractivity contribution < 1.29 is 21.2 Å². The first-order valence-corrected chi connectivity index (χ1v) is 8.88. The van der Waals surface area contributed by atoms with E-state index in [1.165, 1.54) is 18.3 Å². The fourth-order valence-electron chi connectivity index (χ4n) is 1.47. The normalized spacial score (nSPS) is 12.1. The molecule has 0 aliphatic heterocycles. The third kappa shape index (κ3) is 3.52. The van der Waals surface area contributed by atoms with Gasteiger partial charge >= 0.3 is 0 Å². The Balaban J connectivity index is 2.50. The van der Waals surface area contributed by atoms with E-state index in [1.54, 1.807) is 0 Å². The van der Waals surface area contributed by atoms with E-state index in [0.29, 0.717) is 0 Å². The number of sulfonamides is 1. The third-order valence-corrected chi connectivity index (χ3v) is 4.91. The molecular formula is C11H10FN3O4S2. The van der Waals surface area contributed by atoms with Crippen LogP contribution < -0.4 is 4.72 Å². The van der Waals surface area contributed by atoms with Crippen LogP contribution >= 0.6 is 0 Å². The molecule has 1 aromatic carbocycles. The molecule has 0 spiro atoms. The fraction of sp³-hybridized carbons (Fsp3) is 0.0909. The van der Waals surface area contributed by atoms with E-state index in [9.17, 15) is 21.2 Å². The number of sulfone groups is 1. The summed E-state index contributed by atoms with van der Waals surface area (Å²) in [5.74, 6) is -1.18. The number of aromatic nitrogens is 2. The highest BCUT2D eigenvalue weighted by Gasteiger charge is 2.22. The molecule has 112 valence electrons. The Morgan fingerprint density at radius 3 is 2.43 bits per heavy atom. The number of halogens is 1. The van der Waals surface area contributed by atoms with Crippen molar-refractivity contribution in [3.05, 3.63) is 42.3 Å². The molecule has 0 aliphatic carbocycles. The highest BCUT2D eigenvalue weighted by atomic mass is 32.2. The van der Waals surface area contributed by atoms with Crippen molar-refractivity contribution in [2.75, 3.05) is 11.0 Å². The zero-order chi connectivity index (χ0) is 15.7. The zero-order valence-electron chi connectivity index (χ0n) is 10.7. The largest absolute Gasteiger partial charge is 0.266 e. The Morgan fingerprint density at radius 2 is 1.86 bits per heavy atom. The Labute approximate surface area is 120 Å². The molecule has 21 heavy (non-hydrogen) atoms. The van der Waals surface area contributed by atoms with Crippen LogP contribution in [0.25, 0.3) is 0 Å². The summed E-state index contributed by atoms with van der Waals surface area (Å²) in [5, 5.41) is 6.98. The molecule has 2 rings (SSSR count). The summed E-state index contributed by atoms with van der Waals surface area (Å²) >= 11 is 0. The van der Waals surface area contributed by atoms with Crippen molar-refractivity contribution >= 4 is 25.7 Å². The standard InChI is InChI=1S/C11H10FN3O4S2/c1-20(16,17)8-4-5-9(12)10(7-8)21(18,19)15-11-3-2-6-13-14-11/h2-7H,1H3,(H,14,15). The van der Waals surface area contributed by atoms with Gasteiger partial charge in [-0.25, -0.2) is 21.2 Å². The summed E-state index contributed by atoms with van der Waals surface area (Å²) < 4.78 is 62.7. The van der Waals surface area contributed by atoms with Crippen LogP contribution in [0.3, 0.4) is 0 Å². The second kappa shape index (κ2) is 5.37. The number of nitrogens with zero attached hydrogens (tertiary/aromatic N) is 2. The van der Waals surface area contributed by atoms with Crippen LogP contribution in [0.2, 0.25) is 0 Å². The van der Waals surface area contributed by atoms with Crippen molar-refractivity contribution in [2.24, 2.45) is 0 Å². The lowest BCUT2D eigenvalue weighted by Gasteiger charge is -2.08. The van der Waals surface area contributed by atoms with Gasteiger partial charge in [-0.05, 0) is 30.3 Å². The van der Waals surface area contributed by atoms with Crippen molar-refractivity contribution in [2.45, 2.75) is 9.79 Å². The summed E-state index contributed by atoms with van der Waals surface area (Å²) in [6.07, 6.45) is 2.23. The Morgan fingerprint density at radius 1 is 1.14 bits per heavy atom. The van der Waals surface area contributed by atoms with Crippen molar-refractivity contribution in [1.29, 1.82) is 0 Å². The van der Waals surface area contributed by atoms with Gasteiger partial charge in [0.2, 0.25) is 0 Å². The second-order valence-corrected chi connectivity index (χ2v) is 7.75. The fourth-order valence-corrected chi connectivity index (χ4v) is 3.29. The number of nitrogens with one attached hydrogen (secondary N) is 1. The number of rotatable bonds is 4. The highest BCUT2D eigenvalue weighted by Crippen LogP contribution is 2.21. The molecule has 0 amide bonds. The number of anilines is 1. The molecule has 7 nitrogen and oxygen atoms in total. The van der Waals surface area contributed by atoms with E-state index in [4.69, 9.17) is 0 Å². The smallest absolute Gasteiger partial charge is 0.262 e. The average molecular weight is 331 g/mol. The first-order valence-electron chi connectivity index (χ1n) is 5.50. The Kier molecular flexibility index (Phi) is 3.92. The van der Waals surface area contributed by atoms with Gasteiger partial charge in [-0.3, -0.25) is 4.72 Å². The maximum atomic E-state index is 13.7. The van der Waals surface area contributed by atoms with Crippen LogP contribution in [-0.4, -0.2) is 33.3 Å². The zero-order valence-corrected chi connectivity index (χ0v) is 12.3. The molecule has 0 saturated heterocycles. The molecular weight excluding hydrogens is 321 g/mol. The SMILES string of the molecule is CS(=O)(=O)c1ccc(F)c(S(=O)(=O)Nc2cccnn2)c1. The summed E-state index contributed by atoms with van der Waals surface area (Å²) in [7, 11) is -7.98. The summed E-state index contributed by atoms with van der Waals surface area (Å²) in [6.45, 7) is 0. The van der Waals surface area contributed by atoms with E-state index in [2.05, 4.69) is 10.2 Å². The minimum atomic E-state index is -4.32. The van der Waals surface area contributed by atoms with Crippen LogP contribution in [0, 0.1) is 5.82 Å². The Bertz CT molecular complexity index is 868. The van der Waals surface area contributed by atoms with E-state index in [0.717, 1.165) is 24.5 Å². The Hall–Kier alpha value is -2.07. The lowest BCUT2D eigenvalue weighted by atomic mass is 10.3. The molecule has 1 aromatic heterocycles.